The average molecular weight is 254 g/mol. The minimum absolute atomic E-state index is 0.406. The molecule has 3 aromatic rings. The van der Waals surface area contributed by atoms with Crippen LogP contribution in [0.1, 0.15) is 0 Å². The lowest BCUT2D eigenvalue weighted by molar-refractivity contribution is 0.798. The van der Waals surface area contributed by atoms with E-state index >= 15 is 0 Å². The van der Waals surface area contributed by atoms with E-state index in [0.29, 0.717) is 17.7 Å². The molecule has 1 N–H and O–H groups in total. The van der Waals surface area contributed by atoms with Gasteiger partial charge in [-0.25, -0.2) is 4.98 Å². The first kappa shape index (κ1) is 11.2. The van der Waals surface area contributed by atoms with Gasteiger partial charge in [0.1, 0.15) is 12.7 Å². The van der Waals surface area contributed by atoms with E-state index in [9.17, 15) is 0 Å². The Morgan fingerprint density at radius 2 is 1.89 bits per heavy atom. The van der Waals surface area contributed by atoms with Crippen molar-refractivity contribution in [3.8, 4) is 17.3 Å². The highest BCUT2D eigenvalue weighted by molar-refractivity contribution is 5.55. The monoisotopic (exact) mass is 254 g/mol. The second kappa shape index (κ2) is 4.77. The highest BCUT2D eigenvalue weighted by atomic mass is 15.4. The van der Waals surface area contributed by atoms with E-state index in [-0.39, 0.29) is 0 Å². The number of anilines is 1. The molecule has 0 aliphatic carbocycles. The van der Waals surface area contributed by atoms with Crippen molar-refractivity contribution in [2.75, 3.05) is 12.4 Å². The van der Waals surface area contributed by atoms with Gasteiger partial charge in [-0.2, -0.15) is 24.7 Å². The first-order chi connectivity index (χ1) is 9.36. The molecule has 0 aliphatic heterocycles. The molecule has 19 heavy (non-hydrogen) atoms. The summed E-state index contributed by atoms with van der Waals surface area (Å²) in [6, 6.07) is 3.67. The predicted molar refractivity (Wildman–Crippen MR) is 67.5 cm³/mol. The Hall–Kier alpha value is -2.90. The predicted octanol–water partition coefficient (Wildman–Crippen LogP) is 0.556. The van der Waals surface area contributed by atoms with Crippen LogP contribution in [0.4, 0.5) is 5.95 Å². The number of nitrogens with zero attached hydrogens (tertiary/aromatic N) is 7. The largest absolute Gasteiger partial charge is 0.357 e. The molecule has 0 aromatic carbocycles. The smallest absolute Gasteiger partial charge is 0.257 e. The van der Waals surface area contributed by atoms with Crippen molar-refractivity contribution < 1.29 is 0 Å². The van der Waals surface area contributed by atoms with E-state index < -0.39 is 0 Å². The molecule has 3 heterocycles. The first-order valence-electron chi connectivity index (χ1n) is 5.56. The van der Waals surface area contributed by atoms with Crippen LogP contribution in [-0.2, 0) is 0 Å². The van der Waals surface area contributed by atoms with Crippen LogP contribution in [0.2, 0.25) is 0 Å². The van der Waals surface area contributed by atoms with Crippen LogP contribution < -0.4 is 5.32 Å². The van der Waals surface area contributed by atoms with Crippen LogP contribution in [0.5, 0.6) is 0 Å². The van der Waals surface area contributed by atoms with Gasteiger partial charge in [0.05, 0.1) is 0 Å². The summed E-state index contributed by atoms with van der Waals surface area (Å²) in [4.78, 5) is 20.8. The molecule has 0 unspecified atom stereocenters. The van der Waals surface area contributed by atoms with Crippen molar-refractivity contribution in [3.63, 3.8) is 0 Å². The number of pyridine rings is 1. The summed E-state index contributed by atoms with van der Waals surface area (Å²) in [7, 11) is 1.75. The van der Waals surface area contributed by atoms with Crippen molar-refractivity contribution in [2.24, 2.45) is 0 Å². The molecule has 0 aliphatic rings. The SMILES string of the molecule is CNc1nc(-c2ccncc2)nc(-n2cncn2)n1. The topological polar surface area (TPSA) is 94.3 Å². The molecule has 0 amide bonds. The Balaban J connectivity index is 2.13. The molecule has 3 rings (SSSR count). The zero-order valence-corrected chi connectivity index (χ0v) is 10.1. The zero-order valence-electron chi connectivity index (χ0n) is 10.1. The van der Waals surface area contributed by atoms with Gasteiger partial charge in [0, 0.05) is 25.0 Å². The summed E-state index contributed by atoms with van der Waals surface area (Å²) < 4.78 is 1.48. The fourth-order valence-electron chi connectivity index (χ4n) is 1.52. The molecule has 0 fully saturated rings. The molecular weight excluding hydrogens is 244 g/mol. The fraction of sp³-hybridized carbons (Fsp3) is 0.0909. The van der Waals surface area contributed by atoms with E-state index in [4.69, 9.17) is 0 Å². The molecular formula is C11H10N8. The third-order valence-electron chi connectivity index (χ3n) is 2.41. The summed E-state index contributed by atoms with van der Waals surface area (Å²) in [5.74, 6) is 1.42. The Labute approximate surface area is 108 Å². The second-order valence-corrected chi connectivity index (χ2v) is 3.61. The quantitative estimate of drug-likeness (QED) is 0.729. The molecule has 0 bridgehead atoms. The van der Waals surface area contributed by atoms with Gasteiger partial charge in [0.15, 0.2) is 5.82 Å². The molecule has 0 radical (unpaired) electrons. The van der Waals surface area contributed by atoms with Crippen LogP contribution in [0.25, 0.3) is 17.3 Å². The normalized spacial score (nSPS) is 10.4. The first-order valence-corrected chi connectivity index (χ1v) is 5.56. The van der Waals surface area contributed by atoms with Crippen molar-refractivity contribution in [1.82, 2.24) is 34.7 Å². The maximum Gasteiger partial charge on any atom is 0.257 e. The highest BCUT2D eigenvalue weighted by Crippen LogP contribution is 2.15. The Bertz CT molecular complexity index is 664. The lowest BCUT2D eigenvalue weighted by Crippen LogP contribution is -2.08. The molecule has 8 nitrogen and oxygen atoms in total. The van der Waals surface area contributed by atoms with Gasteiger partial charge in [-0.05, 0) is 12.1 Å². The Kier molecular flexibility index (Phi) is 2.81. The van der Waals surface area contributed by atoms with Crippen LogP contribution >= 0.6 is 0 Å². The Morgan fingerprint density at radius 1 is 1.05 bits per heavy atom. The van der Waals surface area contributed by atoms with E-state index in [1.165, 1.54) is 17.3 Å². The third kappa shape index (κ3) is 2.23. The fourth-order valence-corrected chi connectivity index (χ4v) is 1.52. The number of nitrogens with one attached hydrogen (secondary N) is 1. The maximum absolute atomic E-state index is 4.36. The van der Waals surface area contributed by atoms with E-state index in [1.54, 1.807) is 19.4 Å². The maximum atomic E-state index is 4.36. The van der Waals surface area contributed by atoms with Gasteiger partial charge in [0.2, 0.25) is 5.95 Å². The number of aromatic nitrogens is 7. The molecule has 0 saturated carbocycles. The number of hydrogen-bond acceptors (Lipinski definition) is 7. The van der Waals surface area contributed by atoms with E-state index in [0.717, 1.165) is 5.56 Å². The summed E-state index contributed by atoms with van der Waals surface area (Å²) >= 11 is 0. The number of hydrogen-bond donors (Lipinski definition) is 1. The van der Waals surface area contributed by atoms with Gasteiger partial charge < -0.3 is 5.32 Å². The standard InChI is InChI=1S/C11H10N8/c1-12-10-16-9(8-2-4-13-5-3-8)17-11(18-10)19-7-14-6-15-19/h2-7H,1H3,(H,12,16,17,18). The summed E-state index contributed by atoms with van der Waals surface area (Å²) in [6.07, 6.45) is 6.33. The van der Waals surface area contributed by atoms with Crippen molar-refractivity contribution in [2.45, 2.75) is 0 Å². The van der Waals surface area contributed by atoms with Crippen molar-refractivity contribution in [3.05, 3.63) is 37.2 Å². The number of rotatable bonds is 3. The molecule has 0 saturated heterocycles. The lowest BCUT2D eigenvalue weighted by Gasteiger charge is -2.05. The van der Waals surface area contributed by atoms with Crippen LogP contribution in [0.15, 0.2) is 37.2 Å². The minimum atomic E-state index is 0.406. The molecule has 8 heteroatoms. The lowest BCUT2D eigenvalue weighted by atomic mass is 10.2. The Morgan fingerprint density at radius 3 is 2.58 bits per heavy atom. The minimum Gasteiger partial charge on any atom is -0.357 e. The molecule has 94 valence electrons. The molecule has 0 atom stereocenters. The van der Waals surface area contributed by atoms with Gasteiger partial charge in [0.25, 0.3) is 5.95 Å². The molecule has 3 aromatic heterocycles. The van der Waals surface area contributed by atoms with Gasteiger partial charge in [-0.15, -0.1) is 0 Å². The second-order valence-electron chi connectivity index (χ2n) is 3.61. The van der Waals surface area contributed by atoms with E-state index in [1.807, 2.05) is 12.1 Å². The van der Waals surface area contributed by atoms with Crippen LogP contribution in [-0.4, -0.2) is 41.7 Å². The summed E-state index contributed by atoms with van der Waals surface area (Å²) in [5, 5.41) is 6.91. The highest BCUT2D eigenvalue weighted by Gasteiger charge is 2.09. The van der Waals surface area contributed by atoms with Crippen molar-refractivity contribution in [1.29, 1.82) is 0 Å². The zero-order chi connectivity index (χ0) is 13.1. The van der Waals surface area contributed by atoms with Crippen molar-refractivity contribution >= 4 is 5.95 Å². The van der Waals surface area contributed by atoms with Gasteiger partial charge in [-0.1, -0.05) is 0 Å². The van der Waals surface area contributed by atoms with Crippen LogP contribution in [0.3, 0.4) is 0 Å². The third-order valence-corrected chi connectivity index (χ3v) is 2.41. The average Bonchev–Trinajstić information content (AvgIpc) is 3.02. The van der Waals surface area contributed by atoms with Gasteiger partial charge in [-0.3, -0.25) is 4.98 Å². The molecule has 0 spiro atoms. The summed E-state index contributed by atoms with van der Waals surface area (Å²) in [6.45, 7) is 0. The van der Waals surface area contributed by atoms with Crippen LogP contribution in [0, 0.1) is 0 Å². The summed E-state index contributed by atoms with van der Waals surface area (Å²) in [5.41, 5.74) is 0.857. The van der Waals surface area contributed by atoms with E-state index in [2.05, 4.69) is 35.3 Å². The van der Waals surface area contributed by atoms with Gasteiger partial charge >= 0.3 is 0 Å².